The summed E-state index contributed by atoms with van der Waals surface area (Å²) in [5.41, 5.74) is 0.0845. The third-order valence-corrected chi connectivity index (χ3v) is 2.70. The molecule has 0 fully saturated rings. The van der Waals surface area contributed by atoms with Crippen LogP contribution in [-0.2, 0) is 4.79 Å². The Morgan fingerprint density at radius 3 is 2.57 bits per heavy atom. The summed E-state index contributed by atoms with van der Waals surface area (Å²) in [6, 6.07) is 1.45. The second-order valence-corrected chi connectivity index (χ2v) is 5.22. The maximum absolute atomic E-state index is 11.7. The quantitative estimate of drug-likeness (QED) is 0.491. The summed E-state index contributed by atoms with van der Waals surface area (Å²) in [7, 11) is -1.65. The van der Waals surface area contributed by atoms with Crippen LogP contribution in [0.5, 0.6) is 0 Å². The van der Waals surface area contributed by atoms with Crippen molar-refractivity contribution < 1.29 is 24.2 Å². The van der Waals surface area contributed by atoms with E-state index >= 15 is 0 Å². The fourth-order valence-electron chi connectivity index (χ4n) is 1.75. The predicted molar refractivity (Wildman–Crippen MR) is 75.2 cm³/mol. The first kappa shape index (κ1) is 17.2. The fraction of sp³-hybridized carbons (Fsp3) is 0.583. The van der Waals surface area contributed by atoms with Crippen LogP contribution in [0.25, 0.3) is 0 Å². The summed E-state index contributed by atoms with van der Waals surface area (Å²) in [4.78, 5) is 23.3. The van der Waals surface area contributed by atoms with Crippen LogP contribution in [0.2, 0.25) is 0 Å². The number of hydrogen-bond acceptors (Lipinski definition) is 6. The second kappa shape index (κ2) is 7.80. The van der Waals surface area contributed by atoms with Crippen LogP contribution in [0, 0.1) is 12.8 Å². The number of nitrogens with zero attached hydrogens (tertiary/aromatic N) is 1. The molecule has 9 heteroatoms. The topological polar surface area (TPSA) is 125 Å². The Morgan fingerprint density at radius 2 is 2.10 bits per heavy atom. The lowest BCUT2D eigenvalue weighted by Gasteiger charge is -2.19. The van der Waals surface area contributed by atoms with Gasteiger partial charge in [0.1, 0.15) is 5.76 Å². The zero-order valence-corrected chi connectivity index (χ0v) is 12.3. The zero-order chi connectivity index (χ0) is 16.0. The molecule has 0 unspecified atom stereocenters. The van der Waals surface area contributed by atoms with Crippen molar-refractivity contribution in [1.82, 2.24) is 15.8 Å². The van der Waals surface area contributed by atoms with Gasteiger partial charge in [0.15, 0.2) is 5.69 Å². The van der Waals surface area contributed by atoms with E-state index in [1.165, 1.54) is 6.07 Å². The number of rotatable bonds is 7. The molecule has 1 aromatic rings. The molecule has 1 aromatic heterocycles. The summed E-state index contributed by atoms with van der Waals surface area (Å²) in [6.45, 7) is 5.16. The largest absolute Gasteiger partial charge is 0.475 e. The van der Waals surface area contributed by atoms with E-state index in [0.717, 1.165) is 0 Å². The van der Waals surface area contributed by atoms with Crippen LogP contribution < -0.4 is 10.6 Å². The van der Waals surface area contributed by atoms with E-state index < -0.39 is 24.9 Å². The van der Waals surface area contributed by atoms with Gasteiger partial charge in [-0.3, -0.25) is 9.59 Å². The molecule has 0 aliphatic rings. The third kappa shape index (κ3) is 5.96. The molecule has 0 aliphatic carbocycles. The van der Waals surface area contributed by atoms with Crippen molar-refractivity contribution in [3.63, 3.8) is 0 Å². The van der Waals surface area contributed by atoms with Crippen molar-refractivity contribution in [2.45, 2.75) is 33.1 Å². The van der Waals surface area contributed by atoms with Gasteiger partial charge in [-0.25, -0.2) is 0 Å². The van der Waals surface area contributed by atoms with E-state index in [1.807, 2.05) is 13.8 Å². The van der Waals surface area contributed by atoms with Gasteiger partial charge >= 0.3 is 7.12 Å². The van der Waals surface area contributed by atoms with E-state index in [-0.39, 0.29) is 18.2 Å². The van der Waals surface area contributed by atoms with Crippen molar-refractivity contribution >= 4 is 18.9 Å². The minimum absolute atomic E-state index is 0.0845. The maximum Gasteiger partial charge on any atom is 0.475 e. The van der Waals surface area contributed by atoms with Gasteiger partial charge in [0.05, 0.1) is 12.5 Å². The minimum Gasteiger partial charge on any atom is -0.426 e. The van der Waals surface area contributed by atoms with E-state index in [9.17, 15) is 19.6 Å². The Kier molecular flexibility index (Phi) is 6.38. The van der Waals surface area contributed by atoms with Gasteiger partial charge in [-0.15, -0.1) is 0 Å². The zero-order valence-electron chi connectivity index (χ0n) is 12.3. The Hall–Kier alpha value is -1.87. The molecule has 0 aromatic carbocycles. The number of amides is 2. The first-order valence-electron chi connectivity index (χ1n) is 6.66. The molecular weight excluding hydrogens is 277 g/mol. The third-order valence-electron chi connectivity index (χ3n) is 2.70. The molecule has 0 radical (unpaired) electrons. The Balaban J connectivity index is 2.44. The highest BCUT2D eigenvalue weighted by Crippen LogP contribution is 2.05. The molecule has 8 nitrogen and oxygen atoms in total. The van der Waals surface area contributed by atoms with E-state index in [0.29, 0.717) is 12.2 Å². The Labute approximate surface area is 123 Å². The SMILES string of the molecule is Cc1cc(C(=O)NCC(=O)N[C@@H](CC(C)C)B(O)O)no1. The molecule has 0 saturated carbocycles. The van der Waals surface area contributed by atoms with Crippen molar-refractivity contribution in [2.24, 2.45) is 5.92 Å². The number of aryl methyl sites for hydroxylation is 1. The highest BCUT2D eigenvalue weighted by Gasteiger charge is 2.26. The molecule has 0 bridgehead atoms. The number of hydrogen-bond donors (Lipinski definition) is 4. The lowest BCUT2D eigenvalue weighted by molar-refractivity contribution is -0.120. The molecule has 0 spiro atoms. The highest BCUT2D eigenvalue weighted by molar-refractivity contribution is 6.43. The average molecular weight is 297 g/mol. The predicted octanol–water partition coefficient (Wildman–Crippen LogP) is -0.744. The fourth-order valence-corrected chi connectivity index (χ4v) is 1.75. The second-order valence-electron chi connectivity index (χ2n) is 5.22. The van der Waals surface area contributed by atoms with Crippen LogP contribution in [0.1, 0.15) is 36.5 Å². The van der Waals surface area contributed by atoms with E-state index in [2.05, 4.69) is 15.8 Å². The molecule has 0 saturated heterocycles. The lowest BCUT2D eigenvalue weighted by Crippen LogP contribution is -2.50. The molecule has 1 atom stereocenters. The van der Waals surface area contributed by atoms with Gasteiger partial charge in [0.25, 0.3) is 5.91 Å². The van der Waals surface area contributed by atoms with Gasteiger partial charge in [0.2, 0.25) is 5.91 Å². The summed E-state index contributed by atoms with van der Waals surface area (Å²) < 4.78 is 4.75. The standard InChI is InChI=1S/C12H20BN3O5/c1-7(2)4-10(13(19)20)15-11(17)6-14-12(18)9-5-8(3)21-16-9/h5,7,10,19-20H,4,6H2,1-3H3,(H,14,18)(H,15,17)/t10-/m0/s1. The molecule has 21 heavy (non-hydrogen) atoms. The smallest absolute Gasteiger partial charge is 0.426 e. The van der Waals surface area contributed by atoms with Gasteiger partial charge in [-0.2, -0.15) is 0 Å². The first-order valence-corrected chi connectivity index (χ1v) is 6.66. The van der Waals surface area contributed by atoms with Gasteiger partial charge < -0.3 is 25.2 Å². The lowest BCUT2D eigenvalue weighted by atomic mass is 9.75. The number of carbonyl (C=O) groups is 2. The van der Waals surface area contributed by atoms with Crippen LogP contribution >= 0.6 is 0 Å². The molecule has 4 N–H and O–H groups in total. The monoisotopic (exact) mass is 297 g/mol. The Bertz CT molecular complexity index is 489. The van der Waals surface area contributed by atoms with E-state index in [1.54, 1.807) is 6.92 Å². The molecule has 1 heterocycles. The Morgan fingerprint density at radius 1 is 1.43 bits per heavy atom. The molecule has 116 valence electrons. The average Bonchev–Trinajstić information content (AvgIpc) is 2.81. The molecule has 2 amide bonds. The van der Waals surface area contributed by atoms with Crippen molar-refractivity contribution in [2.75, 3.05) is 6.54 Å². The molecular formula is C12H20BN3O5. The van der Waals surface area contributed by atoms with Crippen LogP contribution in [0.4, 0.5) is 0 Å². The summed E-state index contributed by atoms with van der Waals surface area (Å²) >= 11 is 0. The van der Waals surface area contributed by atoms with Gasteiger partial charge in [0, 0.05) is 6.07 Å². The van der Waals surface area contributed by atoms with Crippen LogP contribution in [0.15, 0.2) is 10.6 Å². The van der Waals surface area contributed by atoms with Crippen LogP contribution in [-0.4, -0.2) is 46.6 Å². The van der Waals surface area contributed by atoms with E-state index in [4.69, 9.17) is 4.52 Å². The maximum atomic E-state index is 11.7. The van der Waals surface area contributed by atoms with Gasteiger partial charge in [-0.1, -0.05) is 19.0 Å². The molecule has 1 rings (SSSR count). The van der Waals surface area contributed by atoms with Crippen LogP contribution in [0.3, 0.4) is 0 Å². The van der Waals surface area contributed by atoms with Crippen molar-refractivity contribution in [3.8, 4) is 0 Å². The minimum atomic E-state index is -1.65. The first-order chi connectivity index (χ1) is 9.79. The summed E-state index contributed by atoms with van der Waals surface area (Å²) in [6.07, 6.45) is 0.417. The summed E-state index contributed by atoms with van der Waals surface area (Å²) in [5, 5.41) is 26.8. The normalized spacial score (nSPS) is 12.1. The highest BCUT2D eigenvalue weighted by atomic mass is 16.5. The summed E-state index contributed by atoms with van der Waals surface area (Å²) in [5.74, 6) is -1.15. The molecule has 0 aliphatic heterocycles. The number of aromatic nitrogens is 1. The number of carbonyl (C=O) groups excluding carboxylic acids is 2. The van der Waals surface area contributed by atoms with Crippen molar-refractivity contribution in [3.05, 3.63) is 17.5 Å². The van der Waals surface area contributed by atoms with Gasteiger partial charge in [-0.05, 0) is 19.3 Å². The van der Waals surface area contributed by atoms with Crippen molar-refractivity contribution in [1.29, 1.82) is 0 Å². The number of nitrogens with one attached hydrogen (secondary N) is 2.